The maximum absolute atomic E-state index is 12.1. The number of piperidine rings is 1. The lowest BCUT2D eigenvalue weighted by Gasteiger charge is -2.44. The molecule has 0 bridgehead atoms. The van der Waals surface area contributed by atoms with Crippen LogP contribution in [0.3, 0.4) is 0 Å². The van der Waals surface area contributed by atoms with Crippen LogP contribution in [0.1, 0.15) is 51.4 Å². The van der Waals surface area contributed by atoms with E-state index in [-0.39, 0.29) is 5.97 Å². The zero-order valence-corrected chi connectivity index (χ0v) is 13.6. The molecule has 4 heteroatoms. The summed E-state index contributed by atoms with van der Waals surface area (Å²) in [4.78, 5) is 14.8. The molecule has 3 aliphatic rings. The third-order valence-electron chi connectivity index (χ3n) is 6.38. The Morgan fingerprint density at radius 3 is 2.67 bits per heavy atom. The number of carbonyl (C=O) groups excluding carboxylic acids is 1. The second-order valence-electron chi connectivity index (χ2n) is 7.31. The van der Waals surface area contributed by atoms with Gasteiger partial charge in [0, 0.05) is 12.6 Å². The topological polar surface area (TPSA) is 41.6 Å². The summed E-state index contributed by atoms with van der Waals surface area (Å²) < 4.78 is 5.03. The maximum Gasteiger partial charge on any atom is 0.326 e. The van der Waals surface area contributed by atoms with E-state index in [1.165, 1.54) is 52.3 Å². The summed E-state index contributed by atoms with van der Waals surface area (Å²) in [6.07, 6.45) is 10.0. The van der Waals surface area contributed by atoms with Crippen molar-refractivity contribution in [2.24, 2.45) is 11.8 Å². The minimum Gasteiger partial charge on any atom is -0.468 e. The van der Waals surface area contributed by atoms with Gasteiger partial charge in [-0.25, -0.2) is 0 Å². The van der Waals surface area contributed by atoms with E-state index < -0.39 is 5.54 Å². The van der Waals surface area contributed by atoms with E-state index in [1.807, 2.05) is 7.05 Å². The number of nitrogens with zero attached hydrogens (tertiary/aromatic N) is 1. The van der Waals surface area contributed by atoms with Gasteiger partial charge in [0.05, 0.1) is 7.11 Å². The zero-order chi connectivity index (χ0) is 14.9. The lowest BCUT2D eigenvalue weighted by atomic mass is 9.75. The van der Waals surface area contributed by atoms with Gasteiger partial charge in [0.15, 0.2) is 0 Å². The monoisotopic (exact) mass is 294 g/mol. The normalized spacial score (nSPS) is 40.8. The Balaban J connectivity index is 1.62. The van der Waals surface area contributed by atoms with Crippen molar-refractivity contribution >= 4 is 5.97 Å². The van der Waals surface area contributed by atoms with Gasteiger partial charge < -0.3 is 15.0 Å². The van der Waals surface area contributed by atoms with Crippen molar-refractivity contribution in [3.05, 3.63) is 0 Å². The van der Waals surface area contributed by atoms with Crippen LogP contribution in [0.25, 0.3) is 0 Å². The van der Waals surface area contributed by atoms with Crippen molar-refractivity contribution in [1.82, 2.24) is 10.2 Å². The molecule has 0 aromatic carbocycles. The van der Waals surface area contributed by atoms with E-state index in [0.717, 1.165) is 31.1 Å². The molecular formula is C17H30N2O2. The van der Waals surface area contributed by atoms with Crippen LogP contribution in [0.2, 0.25) is 0 Å². The Labute approximate surface area is 128 Å². The first kappa shape index (κ1) is 15.3. The van der Waals surface area contributed by atoms with Crippen LogP contribution in [0.4, 0.5) is 0 Å². The van der Waals surface area contributed by atoms with E-state index in [0.29, 0.717) is 6.04 Å². The zero-order valence-electron chi connectivity index (χ0n) is 13.6. The predicted molar refractivity (Wildman–Crippen MR) is 83.1 cm³/mol. The van der Waals surface area contributed by atoms with Gasteiger partial charge in [0.1, 0.15) is 5.54 Å². The quantitative estimate of drug-likeness (QED) is 0.810. The lowest BCUT2D eigenvalue weighted by molar-refractivity contribution is -0.148. The molecule has 21 heavy (non-hydrogen) atoms. The number of carbonyl (C=O) groups is 1. The summed E-state index contributed by atoms with van der Waals surface area (Å²) >= 11 is 0. The lowest BCUT2D eigenvalue weighted by Crippen LogP contribution is -2.51. The Bertz CT molecular complexity index is 387. The van der Waals surface area contributed by atoms with Gasteiger partial charge >= 0.3 is 5.97 Å². The average molecular weight is 294 g/mol. The fourth-order valence-corrected chi connectivity index (χ4v) is 5.00. The molecule has 0 aromatic rings. The average Bonchev–Trinajstić information content (AvgIpc) is 2.99. The molecule has 0 radical (unpaired) electrons. The highest BCUT2D eigenvalue weighted by Crippen LogP contribution is 2.40. The molecule has 120 valence electrons. The minimum absolute atomic E-state index is 0.0833. The van der Waals surface area contributed by atoms with Crippen LogP contribution in [0.15, 0.2) is 0 Å². The number of ether oxygens (including phenoxy) is 1. The summed E-state index contributed by atoms with van der Waals surface area (Å²) in [6, 6.07) is 0.555. The molecule has 3 rings (SSSR count). The molecule has 1 aliphatic heterocycles. The van der Waals surface area contributed by atoms with Crippen LogP contribution < -0.4 is 5.32 Å². The van der Waals surface area contributed by atoms with Gasteiger partial charge in [0.25, 0.3) is 0 Å². The van der Waals surface area contributed by atoms with E-state index in [9.17, 15) is 4.79 Å². The minimum atomic E-state index is -0.442. The molecule has 0 amide bonds. The highest BCUT2D eigenvalue weighted by molar-refractivity contribution is 5.81. The molecule has 2 saturated carbocycles. The number of likely N-dealkylation sites (tertiary alicyclic amines) is 1. The summed E-state index contributed by atoms with van der Waals surface area (Å²) in [5.41, 5.74) is -0.442. The van der Waals surface area contributed by atoms with Crippen LogP contribution in [0, 0.1) is 11.8 Å². The standard InChI is InChI=1S/C17H30N2O2/c1-18-17(16(20)21-2)9-7-15(11-17)19-10-8-13-5-3-4-6-14(13)12-19/h13-15,18H,3-12H2,1-2H3. The number of methoxy groups -OCH3 is 1. The summed E-state index contributed by atoms with van der Waals surface area (Å²) in [5.74, 6) is 1.81. The van der Waals surface area contributed by atoms with E-state index in [2.05, 4.69) is 10.2 Å². The molecule has 0 aromatic heterocycles. The molecule has 3 fully saturated rings. The molecular weight excluding hydrogens is 264 g/mol. The predicted octanol–water partition coefficient (Wildman–Crippen LogP) is 2.18. The number of nitrogens with one attached hydrogen (secondary N) is 1. The second-order valence-corrected chi connectivity index (χ2v) is 7.31. The van der Waals surface area contributed by atoms with Crippen molar-refractivity contribution in [1.29, 1.82) is 0 Å². The maximum atomic E-state index is 12.1. The van der Waals surface area contributed by atoms with Crippen molar-refractivity contribution < 1.29 is 9.53 Å². The fourth-order valence-electron chi connectivity index (χ4n) is 5.00. The van der Waals surface area contributed by atoms with Crippen molar-refractivity contribution in [3.63, 3.8) is 0 Å². The highest BCUT2D eigenvalue weighted by Gasteiger charge is 2.47. The molecule has 1 heterocycles. The van der Waals surface area contributed by atoms with E-state index in [1.54, 1.807) is 0 Å². The molecule has 1 saturated heterocycles. The molecule has 4 unspecified atom stereocenters. The molecule has 4 nitrogen and oxygen atoms in total. The number of rotatable bonds is 3. The fraction of sp³-hybridized carbons (Fsp3) is 0.941. The number of hydrogen-bond acceptors (Lipinski definition) is 4. The summed E-state index contributed by atoms with van der Waals surface area (Å²) in [6.45, 7) is 2.49. The van der Waals surface area contributed by atoms with Crippen molar-refractivity contribution in [3.8, 4) is 0 Å². The van der Waals surface area contributed by atoms with E-state index >= 15 is 0 Å². The van der Waals surface area contributed by atoms with Gasteiger partial charge in [-0.2, -0.15) is 0 Å². The van der Waals surface area contributed by atoms with Crippen LogP contribution >= 0.6 is 0 Å². The number of hydrogen-bond donors (Lipinski definition) is 1. The van der Waals surface area contributed by atoms with Crippen LogP contribution in [-0.2, 0) is 9.53 Å². The largest absolute Gasteiger partial charge is 0.468 e. The Hall–Kier alpha value is -0.610. The van der Waals surface area contributed by atoms with Gasteiger partial charge in [-0.05, 0) is 57.5 Å². The van der Waals surface area contributed by atoms with Gasteiger partial charge in [-0.3, -0.25) is 4.79 Å². The molecule has 1 N–H and O–H groups in total. The third kappa shape index (κ3) is 2.85. The molecule has 4 atom stereocenters. The number of fused-ring (bicyclic) bond motifs is 1. The van der Waals surface area contributed by atoms with Crippen LogP contribution in [-0.4, -0.2) is 49.7 Å². The summed E-state index contributed by atoms with van der Waals surface area (Å²) in [7, 11) is 3.40. The van der Waals surface area contributed by atoms with Crippen molar-refractivity contribution in [2.45, 2.75) is 62.9 Å². The van der Waals surface area contributed by atoms with Crippen LogP contribution in [0.5, 0.6) is 0 Å². The number of likely N-dealkylation sites (N-methyl/N-ethyl adjacent to an activating group) is 1. The molecule has 2 aliphatic carbocycles. The molecule has 0 spiro atoms. The van der Waals surface area contributed by atoms with E-state index in [4.69, 9.17) is 4.74 Å². The summed E-state index contributed by atoms with van der Waals surface area (Å²) in [5, 5.41) is 3.25. The highest BCUT2D eigenvalue weighted by atomic mass is 16.5. The van der Waals surface area contributed by atoms with Gasteiger partial charge in [-0.1, -0.05) is 19.3 Å². The van der Waals surface area contributed by atoms with Crippen molar-refractivity contribution in [2.75, 3.05) is 27.2 Å². The Morgan fingerprint density at radius 1 is 1.19 bits per heavy atom. The Kier molecular flexibility index (Phi) is 4.55. The first-order valence-corrected chi connectivity index (χ1v) is 8.70. The first-order valence-electron chi connectivity index (χ1n) is 8.70. The smallest absolute Gasteiger partial charge is 0.326 e. The first-order chi connectivity index (χ1) is 10.2. The SMILES string of the molecule is CNC1(C(=O)OC)CCC(N2CCC3CCCCC3C2)C1. The van der Waals surface area contributed by atoms with Gasteiger partial charge in [0.2, 0.25) is 0 Å². The third-order valence-corrected chi connectivity index (χ3v) is 6.38. The number of esters is 1. The second kappa shape index (κ2) is 6.25. The Morgan fingerprint density at radius 2 is 1.95 bits per heavy atom. The van der Waals surface area contributed by atoms with Gasteiger partial charge in [-0.15, -0.1) is 0 Å².